The van der Waals surface area contributed by atoms with Crippen molar-refractivity contribution in [2.75, 3.05) is 6.54 Å². The van der Waals surface area contributed by atoms with Crippen LogP contribution in [0.15, 0.2) is 24.5 Å². The molecule has 9 heteroatoms. The molecule has 0 aliphatic rings. The molecular formula is C16H16Cl2N6O. The molecule has 25 heavy (non-hydrogen) atoms. The number of amides is 1. The van der Waals surface area contributed by atoms with Crippen LogP contribution < -0.4 is 11.1 Å². The van der Waals surface area contributed by atoms with E-state index in [1.807, 2.05) is 19.9 Å². The summed E-state index contributed by atoms with van der Waals surface area (Å²) in [4.78, 5) is 27.8. The number of rotatable bonds is 4. The maximum Gasteiger partial charge on any atom is 0.271 e. The average molecular weight is 379 g/mol. The molecule has 0 aliphatic heterocycles. The van der Waals surface area contributed by atoms with E-state index in [0.717, 1.165) is 5.39 Å². The minimum Gasteiger partial charge on any atom is -0.351 e. The van der Waals surface area contributed by atoms with Gasteiger partial charge >= 0.3 is 0 Å². The Balaban J connectivity index is 1.91. The lowest BCUT2D eigenvalue weighted by Crippen LogP contribution is -2.45. The van der Waals surface area contributed by atoms with Gasteiger partial charge in [-0.05, 0) is 26.0 Å². The van der Waals surface area contributed by atoms with Crippen LogP contribution in [0, 0.1) is 0 Å². The van der Waals surface area contributed by atoms with E-state index < -0.39 is 5.54 Å². The molecule has 1 amide bonds. The molecule has 3 aromatic heterocycles. The second kappa shape index (κ2) is 6.59. The second-order valence-electron chi connectivity index (χ2n) is 6.34. The largest absolute Gasteiger partial charge is 0.351 e. The summed E-state index contributed by atoms with van der Waals surface area (Å²) >= 11 is 12.0. The molecule has 0 unspecified atom stereocenters. The van der Waals surface area contributed by atoms with E-state index >= 15 is 0 Å². The minimum atomic E-state index is -0.513. The summed E-state index contributed by atoms with van der Waals surface area (Å²) in [6.45, 7) is 3.97. The van der Waals surface area contributed by atoms with Crippen LogP contribution >= 0.6 is 23.2 Å². The van der Waals surface area contributed by atoms with Crippen LogP contribution in [0.5, 0.6) is 0 Å². The van der Waals surface area contributed by atoms with Crippen LogP contribution in [0.25, 0.3) is 22.3 Å². The predicted molar refractivity (Wildman–Crippen MR) is 97.7 cm³/mol. The topological polar surface area (TPSA) is 110 Å². The number of fused-ring (bicyclic) bond motifs is 1. The van der Waals surface area contributed by atoms with Crippen LogP contribution in [0.2, 0.25) is 10.3 Å². The highest BCUT2D eigenvalue weighted by Crippen LogP contribution is 2.28. The van der Waals surface area contributed by atoms with Gasteiger partial charge in [-0.3, -0.25) is 9.78 Å². The number of hydrogen-bond acceptors (Lipinski definition) is 5. The molecule has 4 N–H and O–H groups in total. The zero-order valence-electron chi connectivity index (χ0n) is 13.6. The smallest absolute Gasteiger partial charge is 0.271 e. The zero-order chi connectivity index (χ0) is 18.2. The number of pyridine rings is 1. The van der Waals surface area contributed by atoms with Crippen molar-refractivity contribution in [1.29, 1.82) is 0 Å². The Hall–Kier alpha value is -2.22. The third-order valence-corrected chi connectivity index (χ3v) is 3.85. The maximum absolute atomic E-state index is 12.2. The quantitative estimate of drug-likeness (QED) is 0.604. The van der Waals surface area contributed by atoms with Crippen LogP contribution in [-0.2, 0) is 0 Å². The van der Waals surface area contributed by atoms with Crippen LogP contribution in [0.1, 0.15) is 24.3 Å². The van der Waals surface area contributed by atoms with Crippen LogP contribution in [0.3, 0.4) is 0 Å². The lowest BCUT2D eigenvalue weighted by Gasteiger charge is -2.18. The van der Waals surface area contributed by atoms with Gasteiger partial charge in [-0.15, -0.1) is 0 Å². The van der Waals surface area contributed by atoms with Crippen molar-refractivity contribution in [2.45, 2.75) is 19.4 Å². The number of hydrogen-bond donors (Lipinski definition) is 3. The Bertz CT molecular complexity index is 947. The molecule has 0 bridgehead atoms. The number of carbonyl (C=O) groups excluding carboxylic acids is 1. The van der Waals surface area contributed by atoms with E-state index in [-0.39, 0.29) is 16.8 Å². The fraction of sp³-hybridized carbons (Fsp3) is 0.250. The number of carbonyl (C=O) groups is 1. The first-order valence-electron chi connectivity index (χ1n) is 7.47. The Morgan fingerprint density at radius 1 is 1.28 bits per heavy atom. The normalized spacial score (nSPS) is 11.7. The standard InChI is InChI=1S/C16H16Cl2N6O/c1-16(2,19)7-21-15(25)11-6-20-5-10(22-11)9-3-8-4-12(17)24-14(18)13(8)23-9/h3-6,23H,7,19H2,1-2H3,(H,21,25). The van der Waals surface area contributed by atoms with Gasteiger partial charge in [-0.25, -0.2) is 9.97 Å². The number of nitrogens with zero attached hydrogens (tertiary/aromatic N) is 3. The van der Waals surface area contributed by atoms with Crippen molar-refractivity contribution in [3.8, 4) is 11.4 Å². The number of aromatic nitrogens is 4. The third kappa shape index (κ3) is 4.07. The van der Waals surface area contributed by atoms with Gasteiger partial charge in [0.2, 0.25) is 0 Å². The summed E-state index contributed by atoms with van der Waals surface area (Å²) in [6, 6.07) is 3.51. The van der Waals surface area contributed by atoms with Gasteiger partial charge in [0.05, 0.1) is 23.6 Å². The summed E-state index contributed by atoms with van der Waals surface area (Å²) in [7, 11) is 0. The number of aromatic amines is 1. The third-order valence-electron chi connectivity index (χ3n) is 3.38. The highest BCUT2D eigenvalue weighted by atomic mass is 35.5. The molecule has 130 valence electrons. The molecule has 0 radical (unpaired) electrons. The van der Waals surface area contributed by atoms with Crippen molar-refractivity contribution in [3.05, 3.63) is 40.5 Å². The van der Waals surface area contributed by atoms with Gasteiger partial charge in [-0.1, -0.05) is 23.2 Å². The SMILES string of the molecule is CC(C)(N)CNC(=O)c1cncc(-c2cc3cc(Cl)nc(Cl)c3[nH]2)n1. The van der Waals surface area contributed by atoms with E-state index in [0.29, 0.717) is 28.6 Å². The van der Waals surface area contributed by atoms with E-state index in [2.05, 4.69) is 25.3 Å². The Morgan fingerprint density at radius 2 is 2.04 bits per heavy atom. The van der Waals surface area contributed by atoms with Gasteiger partial charge in [0, 0.05) is 17.5 Å². The van der Waals surface area contributed by atoms with E-state index in [1.54, 1.807) is 12.3 Å². The van der Waals surface area contributed by atoms with E-state index in [9.17, 15) is 4.79 Å². The monoisotopic (exact) mass is 378 g/mol. The van der Waals surface area contributed by atoms with Crippen molar-refractivity contribution < 1.29 is 4.79 Å². The first kappa shape index (κ1) is 17.6. The summed E-state index contributed by atoms with van der Waals surface area (Å²) in [5.41, 5.74) is 7.35. The van der Waals surface area contributed by atoms with Gasteiger partial charge in [0.25, 0.3) is 5.91 Å². The summed E-state index contributed by atoms with van der Waals surface area (Å²) in [6.07, 6.45) is 2.95. The van der Waals surface area contributed by atoms with Gasteiger partial charge in [-0.2, -0.15) is 0 Å². The molecule has 0 aliphatic carbocycles. The summed E-state index contributed by atoms with van der Waals surface area (Å²) in [5, 5.41) is 4.09. The van der Waals surface area contributed by atoms with Crippen LogP contribution in [0.4, 0.5) is 0 Å². The molecule has 0 atom stereocenters. The van der Waals surface area contributed by atoms with Gasteiger partial charge < -0.3 is 16.0 Å². The fourth-order valence-corrected chi connectivity index (χ4v) is 2.70. The van der Waals surface area contributed by atoms with Crippen molar-refractivity contribution >= 4 is 40.0 Å². The van der Waals surface area contributed by atoms with Crippen LogP contribution in [-0.4, -0.2) is 37.9 Å². The zero-order valence-corrected chi connectivity index (χ0v) is 15.1. The molecule has 0 spiro atoms. The molecule has 0 saturated carbocycles. The fourth-order valence-electron chi connectivity index (χ4n) is 2.21. The minimum absolute atomic E-state index is 0.197. The Morgan fingerprint density at radius 3 is 2.76 bits per heavy atom. The summed E-state index contributed by atoms with van der Waals surface area (Å²) in [5.74, 6) is -0.341. The van der Waals surface area contributed by atoms with Crippen molar-refractivity contribution in [1.82, 2.24) is 25.3 Å². The molecule has 3 heterocycles. The average Bonchev–Trinajstić information content (AvgIpc) is 2.96. The molecule has 0 saturated heterocycles. The van der Waals surface area contributed by atoms with E-state index in [4.69, 9.17) is 28.9 Å². The molecule has 3 aromatic rings. The highest BCUT2D eigenvalue weighted by Gasteiger charge is 2.16. The number of nitrogens with two attached hydrogens (primary N) is 1. The molecule has 0 fully saturated rings. The van der Waals surface area contributed by atoms with Gasteiger partial charge in [0.15, 0.2) is 5.15 Å². The van der Waals surface area contributed by atoms with Crippen molar-refractivity contribution in [2.24, 2.45) is 5.73 Å². The Kier molecular flexibility index (Phi) is 4.64. The first-order valence-corrected chi connectivity index (χ1v) is 8.23. The Labute approximate surface area is 154 Å². The first-order chi connectivity index (χ1) is 11.7. The lowest BCUT2D eigenvalue weighted by molar-refractivity contribution is 0.0940. The number of nitrogens with one attached hydrogen (secondary N) is 2. The summed E-state index contributed by atoms with van der Waals surface area (Å²) < 4.78 is 0. The van der Waals surface area contributed by atoms with Crippen molar-refractivity contribution in [3.63, 3.8) is 0 Å². The van der Waals surface area contributed by atoms with Gasteiger partial charge in [0.1, 0.15) is 16.5 Å². The molecule has 0 aromatic carbocycles. The molecular weight excluding hydrogens is 363 g/mol. The number of halogens is 2. The second-order valence-corrected chi connectivity index (χ2v) is 7.09. The molecule has 3 rings (SSSR count). The maximum atomic E-state index is 12.2. The highest BCUT2D eigenvalue weighted by molar-refractivity contribution is 6.36. The number of H-pyrrole nitrogens is 1. The lowest BCUT2D eigenvalue weighted by atomic mass is 10.1. The predicted octanol–water partition coefficient (Wildman–Crippen LogP) is 2.79. The van der Waals surface area contributed by atoms with E-state index in [1.165, 1.54) is 6.20 Å². The molecule has 7 nitrogen and oxygen atoms in total.